The monoisotopic (exact) mass is 284 g/mol. The smallest absolute Gasteiger partial charge is 0.303 e. The Morgan fingerprint density at radius 1 is 0.650 bits per heavy atom. The summed E-state index contributed by atoms with van der Waals surface area (Å²) in [6.45, 7) is 2.24. The molecule has 0 aromatic heterocycles. The summed E-state index contributed by atoms with van der Waals surface area (Å²) < 4.78 is 0. The Bertz CT molecular complexity index is 249. The second-order valence-electron chi connectivity index (χ2n) is 5.72. The third kappa shape index (κ3) is 15.2. The molecule has 3 heteroatoms. The molecule has 0 spiro atoms. The van der Waals surface area contributed by atoms with E-state index in [1.165, 1.54) is 57.8 Å². The van der Waals surface area contributed by atoms with Crippen LogP contribution in [0.2, 0.25) is 0 Å². The fourth-order valence-electron chi connectivity index (χ4n) is 2.36. The second-order valence-corrected chi connectivity index (χ2v) is 5.72. The number of carboxylic acids is 1. The summed E-state index contributed by atoms with van der Waals surface area (Å²) in [6, 6.07) is 0. The van der Waals surface area contributed by atoms with E-state index in [1.54, 1.807) is 0 Å². The predicted octanol–water partition coefficient (Wildman–Crippen LogP) is 5.12. The topological polar surface area (TPSA) is 54.4 Å². The number of Topliss-reactive ketones (excluding diaryl/α,β-unsaturated/α-hetero) is 1. The molecular weight excluding hydrogens is 252 g/mol. The number of rotatable bonds is 15. The summed E-state index contributed by atoms with van der Waals surface area (Å²) in [7, 11) is 0. The molecule has 0 heterocycles. The Balaban J connectivity index is 3.12. The molecule has 3 nitrogen and oxygen atoms in total. The van der Waals surface area contributed by atoms with Gasteiger partial charge in [0.05, 0.1) is 6.42 Å². The van der Waals surface area contributed by atoms with Gasteiger partial charge < -0.3 is 5.11 Å². The van der Waals surface area contributed by atoms with Crippen molar-refractivity contribution in [3.8, 4) is 0 Å². The normalized spacial score (nSPS) is 10.7. The highest BCUT2D eigenvalue weighted by Gasteiger charge is 2.04. The van der Waals surface area contributed by atoms with Gasteiger partial charge in [-0.15, -0.1) is 0 Å². The summed E-state index contributed by atoms with van der Waals surface area (Å²) in [4.78, 5) is 21.7. The zero-order chi connectivity index (χ0) is 15.1. The fraction of sp³-hybridized carbons (Fsp3) is 0.882. The number of carboxylic acid groups (broad SMARTS) is 1. The molecule has 0 aliphatic carbocycles. The molecular formula is C17H32O3. The van der Waals surface area contributed by atoms with Crippen LogP contribution in [-0.4, -0.2) is 16.9 Å². The van der Waals surface area contributed by atoms with Gasteiger partial charge in [-0.25, -0.2) is 0 Å². The van der Waals surface area contributed by atoms with E-state index in [9.17, 15) is 9.59 Å². The number of aliphatic carboxylic acids is 1. The molecule has 0 atom stereocenters. The van der Waals surface area contributed by atoms with Crippen LogP contribution < -0.4 is 0 Å². The maximum atomic E-state index is 11.3. The zero-order valence-corrected chi connectivity index (χ0v) is 13.2. The molecule has 20 heavy (non-hydrogen) atoms. The van der Waals surface area contributed by atoms with Gasteiger partial charge in [-0.2, -0.15) is 0 Å². The van der Waals surface area contributed by atoms with E-state index in [0.29, 0.717) is 6.42 Å². The van der Waals surface area contributed by atoms with E-state index >= 15 is 0 Å². The van der Waals surface area contributed by atoms with E-state index in [2.05, 4.69) is 6.92 Å². The summed E-state index contributed by atoms with van der Waals surface area (Å²) >= 11 is 0. The van der Waals surface area contributed by atoms with E-state index < -0.39 is 5.97 Å². The number of hydrogen-bond acceptors (Lipinski definition) is 2. The van der Waals surface area contributed by atoms with Gasteiger partial charge in [0.2, 0.25) is 0 Å². The molecule has 0 amide bonds. The Kier molecular flexibility index (Phi) is 13.9. The van der Waals surface area contributed by atoms with Gasteiger partial charge in [-0.1, -0.05) is 71.1 Å². The first-order valence-corrected chi connectivity index (χ1v) is 8.40. The Labute approximate surface area is 124 Å². The molecule has 0 radical (unpaired) electrons. The molecule has 0 rings (SSSR count). The maximum absolute atomic E-state index is 11.3. The van der Waals surface area contributed by atoms with Crippen LogP contribution in [0, 0.1) is 0 Å². The van der Waals surface area contributed by atoms with Gasteiger partial charge in [-0.05, 0) is 6.42 Å². The quantitative estimate of drug-likeness (QED) is 0.424. The van der Waals surface area contributed by atoms with Gasteiger partial charge in [0.25, 0.3) is 0 Å². The average molecular weight is 284 g/mol. The molecule has 0 bridgehead atoms. The molecule has 0 aromatic carbocycles. The maximum Gasteiger partial charge on any atom is 0.303 e. The SMILES string of the molecule is CCCCCCCCCCCCCC(=O)CCC(=O)O. The first-order chi connectivity index (χ1) is 9.66. The van der Waals surface area contributed by atoms with E-state index in [4.69, 9.17) is 5.11 Å². The van der Waals surface area contributed by atoms with Gasteiger partial charge >= 0.3 is 5.97 Å². The van der Waals surface area contributed by atoms with Crippen LogP contribution in [0.3, 0.4) is 0 Å². The summed E-state index contributed by atoms with van der Waals surface area (Å²) in [6.07, 6.45) is 14.7. The third-order valence-electron chi connectivity index (χ3n) is 3.68. The lowest BCUT2D eigenvalue weighted by Crippen LogP contribution is -2.02. The van der Waals surface area contributed by atoms with Crippen molar-refractivity contribution in [1.82, 2.24) is 0 Å². The van der Waals surface area contributed by atoms with Crippen molar-refractivity contribution in [3.63, 3.8) is 0 Å². The second kappa shape index (κ2) is 14.5. The van der Waals surface area contributed by atoms with Crippen LogP contribution >= 0.6 is 0 Å². The number of unbranched alkanes of at least 4 members (excludes halogenated alkanes) is 10. The minimum atomic E-state index is -0.878. The first-order valence-electron chi connectivity index (χ1n) is 8.40. The summed E-state index contributed by atoms with van der Waals surface area (Å²) in [5.74, 6) is -0.777. The lowest BCUT2D eigenvalue weighted by Gasteiger charge is -2.02. The minimum absolute atomic E-state index is 0.0170. The van der Waals surface area contributed by atoms with Gasteiger partial charge in [0, 0.05) is 12.8 Å². The molecule has 118 valence electrons. The third-order valence-corrected chi connectivity index (χ3v) is 3.68. The molecule has 0 aliphatic heterocycles. The van der Waals surface area contributed by atoms with Crippen molar-refractivity contribution in [2.24, 2.45) is 0 Å². The lowest BCUT2D eigenvalue weighted by molar-refractivity contribution is -0.138. The molecule has 1 N–H and O–H groups in total. The number of hydrogen-bond donors (Lipinski definition) is 1. The Hall–Kier alpha value is -0.860. The van der Waals surface area contributed by atoms with Crippen LogP contribution in [0.1, 0.15) is 96.8 Å². The van der Waals surface area contributed by atoms with E-state index in [-0.39, 0.29) is 18.6 Å². The van der Waals surface area contributed by atoms with Crippen molar-refractivity contribution in [3.05, 3.63) is 0 Å². The van der Waals surface area contributed by atoms with Crippen LogP contribution in [0.25, 0.3) is 0 Å². The highest BCUT2D eigenvalue weighted by molar-refractivity contribution is 5.82. The standard InChI is InChI=1S/C17H32O3/c1-2-3-4-5-6-7-8-9-10-11-12-13-16(18)14-15-17(19)20/h2-15H2,1H3,(H,19,20). The van der Waals surface area contributed by atoms with Crippen LogP contribution in [0.5, 0.6) is 0 Å². The largest absolute Gasteiger partial charge is 0.481 e. The zero-order valence-electron chi connectivity index (χ0n) is 13.2. The fourth-order valence-corrected chi connectivity index (χ4v) is 2.36. The highest BCUT2D eigenvalue weighted by Crippen LogP contribution is 2.12. The summed E-state index contributed by atoms with van der Waals surface area (Å²) in [5.41, 5.74) is 0. The van der Waals surface area contributed by atoms with Crippen LogP contribution in [-0.2, 0) is 9.59 Å². The number of ketones is 1. The van der Waals surface area contributed by atoms with E-state index in [0.717, 1.165) is 12.8 Å². The van der Waals surface area contributed by atoms with Crippen molar-refractivity contribution >= 4 is 11.8 Å². The lowest BCUT2D eigenvalue weighted by atomic mass is 10.0. The van der Waals surface area contributed by atoms with Gasteiger partial charge in [-0.3, -0.25) is 9.59 Å². The summed E-state index contributed by atoms with van der Waals surface area (Å²) in [5, 5.41) is 8.47. The molecule has 0 saturated heterocycles. The predicted molar refractivity (Wildman–Crippen MR) is 83.0 cm³/mol. The molecule has 0 saturated carbocycles. The first kappa shape index (κ1) is 19.1. The van der Waals surface area contributed by atoms with Gasteiger partial charge in [0.1, 0.15) is 5.78 Å². The van der Waals surface area contributed by atoms with E-state index in [1.807, 2.05) is 0 Å². The van der Waals surface area contributed by atoms with Crippen molar-refractivity contribution in [2.75, 3.05) is 0 Å². The molecule has 0 unspecified atom stereocenters. The molecule has 0 aromatic rings. The van der Waals surface area contributed by atoms with Crippen LogP contribution in [0.15, 0.2) is 0 Å². The number of carbonyl (C=O) groups excluding carboxylic acids is 1. The number of carbonyl (C=O) groups is 2. The Morgan fingerprint density at radius 3 is 1.55 bits per heavy atom. The van der Waals surface area contributed by atoms with Crippen molar-refractivity contribution < 1.29 is 14.7 Å². The molecule has 0 fully saturated rings. The van der Waals surface area contributed by atoms with Crippen molar-refractivity contribution in [1.29, 1.82) is 0 Å². The average Bonchev–Trinajstić information content (AvgIpc) is 2.42. The highest BCUT2D eigenvalue weighted by atomic mass is 16.4. The minimum Gasteiger partial charge on any atom is -0.481 e. The van der Waals surface area contributed by atoms with Crippen LogP contribution in [0.4, 0.5) is 0 Å². The van der Waals surface area contributed by atoms with Crippen molar-refractivity contribution in [2.45, 2.75) is 96.8 Å². The molecule has 0 aliphatic rings. The van der Waals surface area contributed by atoms with Gasteiger partial charge in [0.15, 0.2) is 0 Å². The Morgan fingerprint density at radius 2 is 1.10 bits per heavy atom.